The number of fused-ring (bicyclic) bond motifs is 1. The second-order valence-corrected chi connectivity index (χ2v) is 6.55. The van der Waals surface area contributed by atoms with Crippen LogP contribution in [0.1, 0.15) is 29.7 Å². The van der Waals surface area contributed by atoms with E-state index in [4.69, 9.17) is 0 Å². The maximum absolute atomic E-state index is 13.5. The molecule has 1 aliphatic carbocycles. The number of hydrogen-bond acceptors (Lipinski definition) is 4. The largest absolute Gasteiger partial charge is 0.323 e. The van der Waals surface area contributed by atoms with E-state index >= 15 is 0 Å². The van der Waals surface area contributed by atoms with Crippen LogP contribution in [0.3, 0.4) is 0 Å². The average Bonchev–Trinajstić information content (AvgIpc) is 2.61. The Balaban J connectivity index is 1.69. The number of halogens is 1. The summed E-state index contributed by atoms with van der Waals surface area (Å²) in [5, 5.41) is 12.4. The van der Waals surface area contributed by atoms with E-state index < -0.39 is 5.82 Å². The lowest BCUT2D eigenvalue weighted by Crippen LogP contribution is -2.15. The number of hydrogen-bond donors (Lipinski definition) is 1. The first-order valence-electron chi connectivity index (χ1n) is 7.77. The van der Waals surface area contributed by atoms with E-state index in [-0.39, 0.29) is 17.3 Å². The van der Waals surface area contributed by atoms with Crippen molar-refractivity contribution in [2.45, 2.75) is 30.7 Å². The summed E-state index contributed by atoms with van der Waals surface area (Å²) in [6.45, 7) is 0. The van der Waals surface area contributed by atoms with Crippen molar-refractivity contribution in [2.75, 3.05) is 11.1 Å². The number of nitrogens with one attached hydrogen (secondary N) is 1. The fraction of sp³-hybridized carbons (Fsp3) is 0.278. The first kappa shape index (κ1) is 16.5. The maximum Gasteiger partial charge on any atom is 0.234 e. The molecule has 3 rings (SSSR count). The van der Waals surface area contributed by atoms with E-state index in [1.54, 1.807) is 12.1 Å². The second-order valence-electron chi connectivity index (χ2n) is 5.58. The number of thioether (sulfide) groups is 1. The molecular weight excluding hydrogens is 325 g/mol. The number of carbonyl (C=O) groups excluding carboxylic acids is 1. The molecule has 0 radical (unpaired) electrons. The molecule has 0 aliphatic heterocycles. The van der Waals surface area contributed by atoms with Gasteiger partial charge in [-0.05, 0) is 49.4 Å². The Kier molecular flexibility index (Phi) is 5.11. The first-order chi connectivity index (χ1) is 11.7. The molecule has 0 saturated carbocycles. The number of para-hydroxylation sites is 1. The van der Waals surface area contributed by atoms with Crippen molar-refractivity contribution in [3.8, 4) is 6.07 Å². The molecule has 122 valence electrons. The number of nitrogens with zero attached hydrogens (tertiary/aromatic N) is 2. The number of amides is 1. The highest BCUT2D eigenvalue weighted by atomic mass is 32.2. The summed E-state index contributed by atoms with van der Waals surface area (Å²) in [4.78, 5) is 16.6. The number of pyridine rings is 1. The van der Waals surface area contributed by atoms with Gasteiger partial charge in [-0.15, -0.1) is 0 Å². The van der Waals surface area contributed by atoms with Crippen molar-refractivity contribution in [3.05, 3.63) is 53.0 Å². The zero-order valence-corrected chi connectivity index (χ0v) is 13.8. The topological polar surface area (TPSA) is 65.8 Å². The molecule has 2 aromatic rings. The summed E-state index contributed by atoms with van der Waals surface area (Å²) in [6.07, 6.45) is 4.09. The molecule has 1 aliphatic rings. The van der Waals surface area contributed by atoms with Crippen LogP contribution in [0.25, 0.3) is 0 Å². The zero-order chi connectivity index (χ0) is 16.9. The summed E-state index contributed by atoms with van der Waals surface area (Å²) >= 11 is 1.21. The molecule has 0 bridgehead atoms. The van der Waals surface area contributed by atoms with Gasteiger partial charge in [0.05, 0.1) is 17.0 Å². The van der Waals surface area contributed by atoms with E-state index in [1.165, 1.54) is 23.9 Å². The number of anilines is 1. The van der Waals surface area contributed by atoms with Gasteiger partial charge in [0.25, 0.3) is 0 Å². The number of nitriles is 1. The molecule has 1 heterocycles. The summed E-state index contributed by atoms with van der Waals surface area (Å²) in [5.41, 5.74) is 2.82. The van der Waals surface area contributed by atoms with Gasteiger partial charge in [-0.2, -0.15) is 5.26 Å². The highest BCUT2D eigenvalue weighted by Gasteiger charge is 2.16. The summed E-state index contributed by atoms with van der Waals surface area (Å²) in [5.74, 6) is -0.719. The minimum atomic E-state index is -0.472. The smallest absolute Gasteiger partial charge is 0.234 e. The van der Waals surface area contributed by atoms with Gasteiger partial charge in [0.2, 0.25) is 5.91 Å². The predicted molar refractivity (Wildman–Crippen MR) is 91.3 cm³/mol. The number of aromatic nitrogens is 1. The third-order valence-corrected chi connectivity index (χ3v) is 4.87. The van der Waals surface area contributed by atoms with Crippen LogP contribution in [0, 0.1) is 17.1 Å². The Hall–Kier alpha value is -2.39. The van der Waals surface area contributed by atoms with Gasteiger partial charge >= 0.3 is 0 Å². The van der Waals surface area contributed by atoms with Crippen molar-refractivity contribution in [2.24, 2.45) is 0 Å². The van der Waals surface area contributed by atoms with Crippen LogP contribution >= 0.6 is 11.8 Å². The summed E-state index contributed by atoms with van der Waals surface area (Å²) < 4.78 is 13.5. The van der Waals surface area contributed by atoms with Gasteiger partial charge in [0.15, 0.2) is 0 Å². The van der Waals surface area contributed by atoms with Crippen molar-refractivity contribution in [3.63, 3.8) is 0 Å². The molecule has 4 nitrogen and oxygen atoms in total. The molecule has 0 unspecified atom stereocenters. The van der Waals surface area contributed by atoms with E-state index in [9.17, 15) is 14.4 Å². The molecule has 1 aromatic carbocycles. The monoisotopic (exact) mass is 341 g/mol. The van der Waals surface area contributed by atoms with E-state index in [1.807, 2.05) is 6.07 Å². The fourth-order valence-electron chi connectivity index (χ4n) is 2.69. The quantitative estimate of drug-likeness (QED) is 0.861. The van der Waals surface area contributed by atoms with Crippen LogP contribution < -0.4 is 5.32 Å². The Bertz CT molecular complexity index is 816. The lowest BCUT2D eigenvalue weighted by atomic mass is 9.95. The maximum atomic E-state index is 13.5. The molecular formula is C18H16FN3OS. The number of aryl methyl sites for hydroxylation is 2. The molecule has 1 N–H and O–H groups in total. The van der Waals surface area contributed by atoms with Crippen molar-refractivity contribution < 1.29 is 9.18 Å². The van der Waals surface area contributed by atoms with Crippen LogP contribution in [0.4, 0.5) is 10.1 Å². The van der Waals surface area contributed by atoms with Crippen LogP contribution in [0.5, 0.6) is 0 Å². The third kappa shape index (κ3) is 3.74. The molecule has 1 aromatic heterocycles. The summed E-state index contributed by atoms with van der Waals surface area (Å²) in [7, 11) is 0. The molecule has 24 heavy (non-hydrogen) atoms. The van der Waals surface area contributed by atoms with Gasteiger partial charge in [-0.1, -0.05) is 23.9 Å². The van der Waals surface area contributed by atoms with Gasteiger partial charge in [-0.25, -0.2) is 9.37 Å². The number of benzene rings is 1. The number of rotatable bonds is 4. The Morgan fingerprint density at radius 2 is 2.12 bits per heavy atom. The van der Waals surface area contributed by atoms with Crippen molar-refractivity contribution in [1.29, 1.82) is 5.26 Å². The molecule has 6 heteroatoms. The fourth-order valence-corrected chi connectivity index (χ4v) is 3.46. The van der Waals surface area contributed by atoms with Crippen LogP contribution in [-0.4, -0.2) is 16.6 Å². The first-order valence-corrected chi connectivity index (χ1v) is 8.76. The van der Waals surface area contributed by atoms with Gasteiger partial charge in [0.1, 0.15) is 16.9 Å². The Morgan fingerprint density at radius 1 is 1.33 bits per heavy atom. The lowest BCUT2D eigenvalue weighted by molar-refractivity contribution is -0.113. The molecule has 1 amide bonds. The van der Waals surface area contributed by atoms with Gasteiger partial charge < -0.3 is 5.32 Å². The van der Waals surface area contributed by atoms with Crippen LogP contribution in [-0.2, 0) is 17.6 Å². The zero-order valence-electron chi connectivity index (χ0n) is 13.0. The van der Waals surface area contributed by atoms with Gasteiger partial charge in [-0.3, -0.25) is 4.79 Å². The highest BCUT2D eigenvalue weighted by Crippen LogP contribution is 2.27. The minimum absolute atomic E-state index is 0.0782. The second kappa shape index (κ2) is 7.45. The van der Waals surface area contributed by atoms with E-state index in [0.29, 0.717) is 10.6 Å². The van der Waals surface area contributed by atoms with Crippen molar-refractivity contribution >= 4 is 23.4 Å². The third-order valence-electron chi connectivity index (χ3n) is 3.87. The Morgan fingerprint density at radius 3 is 2.92 bits per heavy atom. The minimum Gasteiger partial charge on any atom is -0.323 e. The van der Waals surface area contributed by atoms with Crippen LogP contribution in [0.15, 0.2) is 35.4 Å². The summed E-state index contributed by atoms with van der Waals surface area (Å²) in [6, 6.07) is 10.1. The number of carbonyl (C=O) groups is 1. The normalized spacial score (nSPS) is 13.0. The predicted octanol–water partition coefficient (Wildman–Crippen LogP) is 3.70. The Labute approximate surface area is 144 Å². The molecule has 0 spiro atoms. The van der Waals surface area contributed by atoms with Crippen LogP contribution in [0.2, 0.25) is 0 Å². The highest BCUT2D eigenvalue weighted by molar-refractivity contribution is 8.00. The SMILES string of the molecule is N#Cc1cc2c(nc1SCC(=O)Nc1ccccc1F)CCCC2. The molecule has 0 atom stereocenters. The average molecular weight is 341 g/mol. The van der Waals surface area contributed by atoms with E-state index in [0.717, 1.165) is 36.9 Å². The lowest BCUT2D eigenvalue weighted by Gasteiger charge is -2.16. The van der Waals surface area contributed by atoms with Gasteiger partial charge in [0, 0.05) is 5.69 Å². The van der Waals surface area contributed by atoms with E-state index in [2.05, 4.69) is 16.4 Å². The standard InChI is InChI=1S/C18H16FN3OS/c19-14-6-2-4-8-16(14)21-17(23)11-24-18-13(10-20)9-12-5-1-3-7-15(12)22-18/h2,4,6,8-9H,1,3,5,7,11H2,(H,21,23). The molecule has 0 saturated heterocycles. The molecule has 0 fully saturated rings. The van der Waals surface area contributed by atoms with Crippen molar-refractivity contribution in [1.82, 2.24) is 4.98 Å².